The molecule has 0 unspecified atom stereocenters. The quantitative estimate of drug-likeness (QED) is 0.600. The molecule has 0 atom stereocenters. The van der Waals surface area contributed by atoms with Crippen molar-refractivity contribution >= 4 is 17.2 Å². The maximum Gasteiger partial charge on any atom is 0.255 e. The van der Waals surface area contributed by atoms with Gasteiger partial charge in [-0.25, -0.2) is 13.9 Å². The number of carbonyl (C=O) groups is 1. The molecule has 6 nitrogen and oxygen atoms in total. The van der Waals surface area contributed by atoms with Gasteiger partial charge in [0.15, 0.2) is 5.65 Å². The van der Waals surface area contributed by atoms with Crippen LogP contribution in [0.5, 0.6) is 5.88 Å². The minimum Gasteiger partial charge on any atom is -0.480 e. The molecule has 134 valence electrons. The summed E-state index contributed by atoms with van der Waals surface area (Å²) in [6.45, 7) is 0. The maximum atomic E-state index is 14.2. The van der Waals surface area contributed by atoms with Crippen LogP contribution in [0.1, 0.15) is 10.4 Å². The first-order valence-corrected chi connectivity index (χ1v) is 8.21. The van der Waals surface area contributed by atoms with Gasteiger partial charge in [0.2, 0.25) is 5.88 Å². The Morgan fingerprint density at radius 2 is 1.93 bits per heavy atom. The third-order valence-electron chi connectivity index (χ3n) is 4.05. The number of rotatable bonds is 4. The van der Waals surface area contributed by atoms with E-state index in [-0.39, 0.29) is 11.6 Å². The number of amides is 1. The lowest BCUT2D eigenvalue weighted by Crippen LogP contribution is -2.12. The number of methoxy groups -OCH3 is 1. The Kier molecular flexibility index (Phi) is 4.25. The molecule has 27 heavy (non-hydrogen) atoms. The van der Waals surface area contributed by atoms with E-state index in [9.17, 15) is 9.18 Å². The standard InChI is InChI=1S/C20H15FN4O2/c1-27-19-10-9-18-22-17(12-25(18)24-19)14-7-8-15(21)16(11-14)23-20(26)13-5-3-2-4-6-13/h2-12H,1H3,(H,23,26). The minimum atomic E-state index is -0.522. The van der Waals surface area contributed by atoms with Crippen molar-refractivity contribution in [2.75, 3.05) is 12.4 Å². The van der Waals surface area contributed by atoms with Crippen LogP contribution in [0.15, 0.2) is 66.9 Å². The Hall–Kier alpha value is -3.74. The number of hydrogen-bond donors (Lipinski definition) is 1. The number of imidazole rings is 1. The molecular weight excluding hydrogens is 347 g/mol. The first-order chi connectivity index (χ1) is 13.1. The van der Waals surface area contributed by atoms with Crippen LogP contribution in [-0.4, -0.2) is 27.6 Å². The molecule has 0 saturated carbocycles. The van der Waals surface area contributed by atoms with Crippen LogP contribution in [0.2, 0.25) is 0 Å². The van der Waals surface area contributed by atoms with Gasteiger partial charge in [0.1, 0.15) is 5.82 Å². The molecule has 4 aromatic rings. The highest BCUT2D eigenvalue weighted by Gasteiger charge is 2.12. The lowest BCUT2D eigenvalue weighted by Gasteiger charge is -2.08. The number of nitrogens with one attached hydrogen (secondary N) is 1. The average Bonchev–Trinajstić information content (AvgIpc) is 3.13. The normalized spacial score (nSPS) is 10.7. The Morgan fingerprint density at radius 1 is 1.11 bits per heavy atom. The Morgan fingerprint density at radius 3 is 2.70 bits per heavy atom. The van der Waals surface area contributed by atoms with Crippen LogP contribution in [-0.2, 0) is 0 Å². The summed E-state index contributed by atoms with van der Waals surface area (Å²) < 4.78 is 20.9. The molecule has 0 saturated heterocycles. The van der Waals surface area contributed by atoms with Gasteiger partial charge >= 0.3 is 0 Å². The first kappa shape index (κ1) is 16.7. The van der Waals surface area contributed by atoms with Crippen LogP contribution in [0.4, 0.5) is 10.1 Å². The number of halogens is 1. The summed E-state index contributed by atoms with van der Waals surface area (Å²) in [6.07, 6.45) is 1.72. The zero-order chi connectivity index (χ0) is 18.8. The van der Waals surface area contributed by atoms with Gasteiger partial charge in [-0.15, -0.1) is 5.10 Å². The van der Waals surface area contributed by atoms with Crippen molar-refractivity contribution in [1.82, 2.24) is 14.6 Å². The van der Waals surface area contributed by atoms with E-state index in [0.717, 1.165) is 0 Å². The van der Waals surface area contributed by atoms with Gasteiger partial charge in [-0.1, -0.05) is 18.2 Å². The van der Waals surface area contributed by atoms with Crippen LogP contribution in [0, 0.1) is 5.82 Å². The van der Waals surface area contributed by atoms with E-state index in [4.69, 9.17) is 4.74 Å². The number of benzene rings is 2. The Labute approximate surface area is 154 Å². The monoisotopic (exact) mass is 362 g/mol. The molecule has 2 aromatic carbocycles. The highest BCUT2D eigenvalue weighted by Crippen LogP contribution is 2.25. The number of carbonyl (C=O) groups excluding carboxylic acids is 1. The summed E-state index contributed by atoms with van der Waals surface area (Å²) in [5.74, 6) is -0.444. The molecule has 1 N–H and O–H groups in total. The largest absolute Gasteiger partial charge is 0.480 e. The number of anilines is 1. The third kappa shape index (κ3) is 3.35. The molecule has 7 heteroatoms. The van der Waals surface area contributed by atoms with Crippen molar-refractivity contribution in [2.24, 2.45) is 0 Å². The van der Waals surface area contributed by atoms with Crippen molar-refractivity contribution in [3.63, 3.8) is 0 Å². The van der Waals surface area contributed by atoms with Crippen LogP contribution in [0.3, 0.4) is 0 Å². The van der Waals surface area contributed by atoms with Gasteiger partial charge in [-0.3, -0.25) is 4.79 Å². The summed E-state index contributed by atoms with van der Waals surface area (Å²) in [4.78, 5) is 16.8. The molecule has 0 fully saturated rings. The van der Waals surface area contributed by atoms with Gasteiger partial charge in [-0.05, 0) is 36.4 Å². The Bertz CT molecular complexity index is 1130. The van der Waals surface area contributed by atoms with Gasteiger partial charge in [0.25, 0.3) is 5.91 Å². The van der Waals surface area contributed by atoms with E-state index < -0.39 is 5.82 Å². The van der Waals surface area contributed by atoms with Crippen LogP contribution in [0.25, 0.3) is 16.9 Å². The topological polar surface area (TPSA) is 68.5 Å². The van der Waals surface area contributed by atoms with Gasteiger partial charge in [-0.2, -0.15) is 0 Å². The fourth-order valence-electron chi connectivity index (χ4n) is 2.68. The van der Waals surface area contributed by atoms with Crippen molar-refractivity contribution in [1.29, 1.82) is 0 Å². The molecular formula is C20H15FN4O2. The van der Waals surface area contributed by atoms with E-state index in [1.165, 1.54) is 13.2 Å². The average molecular weight is 362 g/mol. The zero-order valence-electron chi connectivity index (χ0n) is 14.4. The molecule has 0 aliphatic heterocycles. The highest BCUT2D eigenvalue weighted by atomic mass is 19.1. The van der Waals surface area contributed by atoms with E-state index in [2.05, 4.69) is 15.4 Å². The predicted molar refractivity (Wildman–Crippen MR) is 99.3 cm³/mol. The lowest BCUT2D eigenvalue weighted by molar-refractivity contribution is 0.102. The lowest BCUT2D eigenvalue weighted by atomic mass is 10.1. The van der Waals surface area contributed by atoms with Gasteiger partial charge in [0.05, 0.1) is 24.7 Å². The second kappa shape index (κ2) is 6.87. The van der Waals surface area contributed by atoms with Crippen molar-refractivity contribution in [3.8, 4) is 17.1 Å². The second-order valence-corrected chi connectivity index (χ2v) is 5.82. The molecule has 0 radical (unpaired) electrons. The van der Waals surface area contributed by atoms with E-state index >= 15 is 0 Å². The molecule has 0 aliphatic carbocycles. The van der Waals surface area contributed by atoms with Crippen LogP contribution < -0.4 is 10.1 Å². The minimum absolute atomic E-state index is 0.0870. The van der Waals surface area contributed by atoms with Gasteiger partial charge < -0.3 is 10.1 Å². The second-order valence-electron chi connectivity index (χ2n) is 5.82. The van der Waals surface area contributed by atoms with Gasteiger partial charge in [0, 0.05) is 17.2 Å². The Balaban J connectivity index is 1.67. The van der Waals surface area contributed by atoms with E-state index in [1.807, 2.05) is 6.07 Å². The summed E-state index contributed by atoms with van der Waals surface area (Å²) in [6, 6.07) is 16.6. The maximum absolute atomic E-state index is 14.2. The number of nitrogens with zero attached hydrogens (tertiary/aromatic N) is 3. The number of hydrogen-bond acceptors (Lipinski definition) is 4. The number of fused-ring (bicyclic) bond motifs is 1. The van der Waals surface area contributed by atoms with Crippen molar-refractivity contribution < 1.29 is 13.9 Å². The molecule has 0 bridgehead atoms. The number of ether oxygens (including phenoxy) is 1. The fraction of sp³-hybridized carbons (Fsp3) is 0.0500. The zero-order valence-corrected chi connectivity index (χ0v) is 14.4. The number of aromatic nitrogens is 3. The summed E-state index contributed by atoms with van der Waals surface area (Å²) in [5.41, 5.74) is 2.43. The highest BCUT2D eigenvalue weighted by molar-refractivity contribution is 6.04. The smallest absolute Gasteiger partial charge is 0.255 e. The third-order valence-corrected chi connectivity index (χ3v) is 4.05. The molecule has 0 spiro atoms. The van der Waals surface area contributed by atoms with Crippen molar-refractivity contribution in [3.05, 3.63) is 78.2 Å². The summed E-state index contributed by atoms with van der Waals surface area (Å²) in [7, 11) is 1.54. The predicted octanol–water partition coefficient (Wildman–Crippen LogP) is 3.80. The molecule has 2 aromatic heterocycles. The fourth-order valence-corrected chi connectivity index (χ4v) is 2.68. The molecule has 2 heterocycles. The molecule has 0 aliphatic rings. The van der Waals surface area contributed by atoms with E-state index in [1.54, 1.807) is 59.2 Å². The first-order valence-electron chi connectivity index (χ1n) is 8.21. The molecule has 4 rings (SSSR count). The summed E-state index contributed by atoms with van der Waals surface area (Å²) >= 11 is 0. The summed E-state index contributed by atoms with van der Waals surface area (Å²) in [5, 5.41) is 6.86. The van der Waals surface area contributed by atoms with E-state index in [0.29, 0.717) is 28.3 Å². The SMILES string of the molecule is COc1ccc2nc(-c3ccc(F)c(NC(=O)c4ccccc4)c3)cn2n1. The van der Waals surface area contributed by atoms with Crippen molar-refractivity contribution in [2.45, 2.75) is 0 Å². The van der Waals surface area contributed by atoms with Crippen LogP contribution >= 0.6 is 0 Å². The molecule has 1 amide bonds.